The second-order valence-electron chi connectivity index (χ2n) is 5.46. The lowest BCUT2D eigenvalue weighted by atomic mass is 10.1. The molecule has 0 unspecified atom stereocenters. The lowest BCUT2D eigenvalue weighted by Gasteiger charge is -2.35. The second-order valence-corrected chi connectivity index (χ2v) is 5.46. The van der Waals surface area contributed by atoms with Crippen LogP contribution in [0.4, 0.5) is 11.4 Å². The molecule has 1 amide bonds. The topological polar surface area (TPSA) is 36.4 Å². The molecule has 0 atom stereocenters. The molecular weight excluding hydrogens is 274 g/mol. The molecule has 1 aliphatic heterocycles. The van der Waals surface area contributed by atoms with Gasteiger partial charge in [0.25, 0.3) is 5.91 Å². The zero-order valence-electron chi connectivity index (χ0n) is 12.2. The third-order valence-electron chi connectivity index (χ3n) is 3.98. The van der Waals surface area contributed by atoms with E-state index in [0.29, 0.717) is 12.4 Å². The minimum absolute atomic E-state index is 0.0509. The van der Waals surface area contributed by atoms with Gasteiger partial charge in [-0.25, -0.2) is 4.98 Å². The van der Waals surface area contributed by atoms with Crippen LogP contribution in [0.3, 0.4) is 0 Å². The summed E-state index contributed by atoms with van der Waals surface area (Å²) >= 11 is 0. The average molecular weight is 289 g/mol. The van der Waals surface area contributed by atoms with E-state index >= 15 is 0 Å². The number of amides is 1. The second kappa shape index (κ2) is 4.84. The van der Waals surface area contributed by atoms with Crippen LogP contribution in [-0.2, 0) is 0 Å². The Morgan fingerprint density at radius 3 is 2.55 bits per heavy atom. The minimum atomic E-state index is -0.0509. The Morgan fingerprint density at radius 1 is 1.00 bits per heavy atom. The molecule has 0 fully saturated rings. The van der Waals surface area contributed by atoms with Crippen molar-refractivity contribution in [2.75, 3.05) is 23.5 Å². The Kier molecular flexibility index (Phi) is 2.82. The number of nitrogens with zero attached hydrogens (tertiary/aromatic N) is 3. The Bertz CT molecular complexity index is 861. The number of benzene rings is 2. The van der Waals surface area contributed by atoms with Gasteiger partial charge in [0.1, 0.15) is 0 Å². The number of hydrogen-bond donors (Lipinski definition) is 0. The number of carbonyl (C=O) groups is 1. The number of anilines is 2. The van der Waals surface area contributed by atoms with Crippen molar-refractivity contribution >= 4 is 28.2 Å². The lowest BCUT2D eigenvalue weighted by Crippen LogP contribution is -2.45. The zero-order chi connectivity index (χ0) is 15.1. The summed E-state index contributed by atoms with van der Waals surface area (Å²) in [5, 5.41) is 1.05. The molecule has 0 bridgehead atoms. The average Bonchev–Trinajstić information content (AvgIpc) is 2.57. The number of fused-ring (bicyclic) bond motifs is 2. The Labute approximate surface area is 128 Å². The van der Waals surface area contributed by atoms with Crippen molar-refractivity contribution in [3.63, 3.8) is 0 Å². The van der Waals surface area contributed by atoms with Gasteiger partial charge in [-0.3, -0.25) is 9.69 Å². The third-order valence-corrected chi connectivity index (χ3v) is 3.98. The molecule has 4 heteroatoms. The molecule has 0 radical (unpaired) electrons. The molecule has 0 saturated heterocycles. The van der Waals surface area contributed by atoms with Gasteiger partial charge < -0.3 is 4.90 Å². The van der Waals surface area contributed by atoms with Crippen LogP contribution in [-0.4, -0.2) is 24.6 Å². The maximum Gasteiger partial charge on any atom is 0.280 e. The van der Waals surface area contributed by atoms with Gasteiger partial charge in [-0.2, -0.15) is 0 Å². The third kappa shape index (κ3) is 1.92. The molecule has 4 nitrogen and oxygen atoms in total. The van der Waals surface area contributed by atoms with E-state index in [2.05, 4.69) is 9.88 Å². The smallest absolute Gasteiger partial charge is 0.280 e. The summed E-state index contributed by atoms with van der Waals surface area (Å²) in [6, 6.07) is 19.6. The molecule has 4 rings (SSSR count). The molecule has 0 saturated carbocycles. The van der Waals surface area contributed by atoms with Crippen molar-refractivity contribution in [1.29, 1.82) is 0 Å². The highest BCUT2D eigenvalue weighted by Crippen LogP contribution is 2.30. The normalized spacial score (nSPS) is 14.3. The van der Waals surface area contributed by atoms with Crippen LogP contribution < -0.4 is 9.80 Å². The van der Waals surface area contributed by atoms with Crippen LogP contribution in [0.2, 0.25) is 0 Å². The summed E-state index contributed by atoms with van der Waals surface area (Å²) in [6.07, 6.45) is 0. The number of para-hydroxylation sites is 2. The molecule has 108 valence electrons. The van der Waals surface area contributed by atoms with E-state index in [1.165, 1.54) is 0 Å². The molecule has 3 aromatic rings. The van der Waals surface area contributed by atoms with Crippen molar-refractivity contribution in [3.8, 4) is 0 Å². The molecular formula is C18H15N3O. The summed E-state index contributed by atoms with van der Waals surface area (Å²) in [5.41, 5.74) is 3.13. The predicted molar refractivity (Wildman–Crippen MR) is 88.3 cm³/mol. The molecule has 22 heavy (non-hydrogen) atoms. The Hall–Kier alpha value is -2.88. The van der Waals surface area contributed by atoms with Gasteiger partial charge in [0.05, 0.1) is 17.9 Å². The standard InChI is InChI=1S/C18H15N3O/c1-20-12-21(14-8-3-2-4-9-14)18(22)17-16(20)11-13-7-5-6-10-15(13)19-17/h2-11H,12H2,1H3. The van der Waals surface area contributed by atoms with Crippen LogP contribution in [0.25, 0.3) is 10.9 Å². The number of pyridine rings is 1. The van der Waals surface area contributed by atoms with Crippen molar-refractivity contribution < 1.29 is 4.79 Å². The van der Waals surface area contributed by atoms with Crippen molar-refractivity contribution in [2.24, 2.45) is 0 Å². The number of aromatic nitrogens is 1. The van der Waals surface area contributed by atoms with Gasteiger partial charge in [-0.05, 0) is 24.3 Å². The first-order valence-electron chi connectivity index (χ1n) is 7.22. The van der Waals surface area contributed by atoms with Crippen LogP contribution >= 0.6 is 0 Å². The quantitative estimate of drug-likeness (QED) is 0.689. The summed E-state index contributed by atoms with van der Waals surface area (Å²) < 4.78 is 0. The number of rotatable bonds is 1. The first-order valence-corrected chi connectivity index (χ1v) is 7.22. The van der Waals surface area contributed by atoms with E-state index in [1.807, 2.05) is 67.7 Å². The number of hydrogen-bond acceptors (Lipinski definition) is 3. The summed E-state index contributed by atoms with van der Waals surface area (Å²) in [4.78, 5) is 21.2. The van der Waals surface area contributed by atoms with E-state index in [9.17, 15) is 4.79 Å². The van der Waals surface area contributed by atoms with Crippen molar-refractivity contribution in [2.45, 2.75) is 0 Å². The molecule has 2 aromatic carbocycles. The minimum Gasteiger partial charge on any atom is -0.355 e. The van der Waals surface area contributed by atoms with Gasteiger partial charge in [-0.15, -0.1) is 0 Å². The van der Waals surface area contributed by atoms with Gasteiger partial charge in [0.15, 0.2) is 5.69 Å². The molecule has 0 spiro atoms. The Morgan fingerprint density at radius 2 is 1.73 bits per heavy atom. The first kappa shape index (κ1) is 12.8. The maximum absolute atomic E-state index is 12.8. The summed E-state index contributed by atoms with van der Waals surface area (Å²) in [7, 11) is 1.98. The first-order chi connectivity index (χ1) is 10.7. The Balaban J connectivity index is 1.87. The van der Waals surface area contributed by atoms with Gasteiger partial charge >= 0.3 is 0 Å². The molecule has 1 aliphatic rings. The highest BCUT2D eigenvalue weighted by molar-refractivity contribution is 6.11. The fraction of sp³-hybridized carbons (Fsp3) is 0.111. The van der Waals surface area contributed by atoms with Crippen LogP contribution in [0, 0.1) is 0 Å². The molecule has 0 aliphatic carbocycles. The highest BCUT2D eigenvalue weighted by atomic mass is 16.2. The van der Waals surface area contributed by atoms with Gasteiger partial charge in [-0.1, -0.05) is 36.4 Å². The van der Waals surface area contributed by atoms with E-state index in [-0.39, 0.29) is 5.91 Å². The van der Waals surface area contributed by atoms with Gasteiger partial charge in [0, 0.05) is 18.1 Å². The number of carbonyl (C=O) groups excluding carboxylic acids is 1. The van der Waals surface area contributed by atoms with Crippen LogP contribution in [0.15, 0.2) is 60.7 Å². The monoisotopic (exact) mass is 289 g/mol. The van der Waals surface area contributed by atoms with E-state index in [4.69, 9.17) is 0 Å². The van der Waals surface area contributed by atoms with Crippen molar-refractivity contribution in [3.05, 3.63) is 66.4 Å². The maximum atomic E-state index is 12.8. The van der Waals surface area contributed by atoms with E-state index in [0.717, 1.165) is 22.3 Å². The van der Waals surface area contributed by atoms with Crippen molar-refractivity contribution in [1.82, 2.24) is 4.98 Å². The zero-order valence-corrected chi connectivity index (χ0v) is 12.2. The summed E-state index contributed by atoms with van der Waals surface area (Å²) in [6.45, 7) is 0.524. The van der Waals surface area contributed by atoms with Gasteiger partial charge in [0.2, 0.25) is 0 Å². The van der Waals surface area contributed by atoms with Crippen LogP contribution in [0.1, 0.15) is 10.5 Å². The molecule has 0 N–H and O–H groups in total. The highest BCUT2D eigenvalue weighted by Gasteiger charge is 2.30. The van der Waals surface area contributed by atoms with E-state index in [1.54, 1.807) is 4.90 Å². The summed E-state index contributed by atoms with van der Waals surface area (Å²) in [5.74, 6) is -0.0509. The fourth-order valence-corrected chi connectivity index (χ4v) is 2.84. The van der Waals surface area contributed by atoms with E-state index < -0.39 is 0 Å². The predicted octanol–water partition coefficient (Wildman–Crippen LogP) is 3.29. The lowest BCUT2D eigenvalue weighted by molar-refractivity contribution is 0.0978. The molecule has 2 heterocycles. The SMILES string of the molecule is CN1CN(c2ccccc2)C(=O)c2nc3ccccc3cc21. The molecule has 1 aromatic heterocycles. The fourth-order valence-electron chi connectivity index (χ4n) is 2.84. The largest absolute Gasteiger partial charge is 0.355 e. The van der Waals surface area contributed by atoms with Crippen LogP contribution in [0.5, 0.6) is 0 Å².